The minimum atomic E-state index is -1.87. The summed E-state index contributed by atoms with van der Waals surface area (Å²) in [6.45, 7) is 22.8. The van der Waals surface area contributed by atoms with Crippen LogP contribution in [-0.4, -0.2) is 298 Å². The summed E-state index contributed by atoms with van der Waals surface area (Å²) in [6, 6.07) is 7.96. The number of benzene rings is 3. The van der Waals surface area contributed by atoms with Crippen LogP contribution >= 0.6 is 0 Å². The summed E-state index contributed by atoms with van der Waals surface area (Å²) in [5, 5.41) is 22.6. The Labute approximate surface area is 675 Å². The number of hydrogen-bond donors (Lipinski definition) is 5. The van der Waals surface area contributed by atoms with Crippen molar-refractivity contribution in [3.63, 3.8) is 0 Å². The predicted octanol–water partition coefficient (Wildman–Crippen LogP) is 4.16. The average Bonchev–Trinajstić information content (AvgIpc) is 0.785. The second-order valence-electron chi connectivity index (χ2n) is 33.0. The number of likely N-dealkylation sites (N-methyl/N-ethyl adjacent to an activating group) is 9. The van der Waals surface area contributed by atoms with Crippen LogP contribution in [0.15, 0.2) is 91.0 Å². The van der Waals surface area contributed by atoms with Gasteiger partial charge in [0.2, 0.25) is 82.7 Å². The molecule has 630 valence electrons. The molecule has 14 atom stereocenters. The Morgan fingerprint density at radius 3 is 1.22 bits per heavy atom. The maximum absolute atomic E-state index is 15.8. The van der Waals surface area contributed by atoms with Crippen molar-refractivity contribution >= 4 is 82.7 Å². The molecule has 2 aliphatic rings. The van der Waals surface area contributed by atoms with E-state index in [1.165, 1.54) is 106 Å². The lowest BCUT2D eigenvalue weighted by Crippen LogP contribution is -2.63. The van der Waals surface area contributed by atoms with Crippen molar-refractivity contribution in [1.29, 1.82) is 0 Å². The Bertz CT molecular complexity index is 3780. The smallest absolute Gasteiger partial charge is 0.248 e. The van der Waals surface area contributed by atoms with Crippen molar-refractivity contribution in [2.24, 2.45) is 23.7 Å². The van der Waals surface area contributed by atoms with Crippen molar-refractivity contribution in [2.75, 3.05) is 76.5 Å². The van der Waals surface area contributed by atoms with E-state index in [0.29, 0.717) is 29.8 Å². The van der Waals surface area contributed by atoms with E-state index < -0.39 is 168 Å². The molecule has 5 rings (SSSR count). The van der Waals surface area contributed by atoms with Crippen LogP contribution in [0.1, 0.15) is 158 Å². The summed E-state index contributed by atoms with van der Waals surface area (Å²) in [4.78, 5) is 224. The van der Waals surface area contributed by atoms with E-state index in [2.05, 4.69) is 21.3 Å². The Hall–Kier alpha value is -9.80. The summed E-state index contributed by atoms with van der Waals surface area (Å²) in [7, 11) is 12.3. The molecule has 3 aromatic carbocycles. The SMILES string of the molecule is CC(C)C[C@H]1C(=O)N(C)[C@@H](CC(C)C)C(=O)N(C)[C@@H](Cc2ccccc2)C(=O)N[C@@H]([C@@H](C)O)C(=O)N(C)[C@@H](C)C(=O)N(C)[C@@H](CC(C)C)C(=O)N(C)[C@@H](Cc2ccccc2)C(=O)N[C@H](C(=O)N(C)[C@@H](Cc2ccccc2)C(=O)N[C@@H](C)C(=O)N2CCCCC2)CC(=O)N(C)[C@H](C)C(=O)N(C)[C@@H](CC(C)C)C(=O)N[C@@H](C)C(=O)N1C. The molecular weight excluding hydrogens is 1460 g/mol. The number of likely N-dealkylation sites (tertiary alicyclic amines) is 1. The fourth-order valence-corrected chi connectivity index (χ4v) is 14.7. The monoisotopic (exact) mass is 1590 g/mol. The minimum Gasteiger partial charge on any atom is -0.391 e. The number of aliphatic hydroxyl groups excluding tert-OH is 1. The average molecular weight is 1590 g/mol. The predicted molar refractivity (Wildman–Crippen MR) is 434 cm³/mol. The van der Waals surface area contributed by atoms with Gasteiger partial charge in [0.25, 0.3) is 0 Å². The number of amides is 14. The largest absolute Gasteiger partial charge is 0.391 e. The maximum atomic E-state index is 15.8. The number of hydrogen-bond acceptors (Lipinski definition) is 15. The van der Waals surface area contributed by atoms with Crippen molar-refractivity contribution < 1.29 is 72.2 Å². The topological polar surface area (TPSA) is 340 Å². The molecule has 0 radical (unpaired) electrons. The van der Waals surface area contributed by atoms with Crippen LogP contribution in [0.25, 0.3) is 0 Å². The zero-order valence-corrected chi connectivity index (χ0v) is 71.4. The third-order valence-electron chi connectivity index (χ3n) is 22.1. The van der Waals surface area contributed by atoms with Crippen LogP contribution in [0, 0.1) is 23.7 Å². The van der Waals surface area contributed by atoms with Gasteiger partial charge >= 0.3 is 0 Å². The molecule has 0 aliphatic carbocycles. The number of rotatable bonds is 20. The lowest BCUT2D eigenvalue weighted by atomic mass is 9.96. The third kappa shape index (κ3) is 25.6. The van der Waals surface area contributed by atoms with Gasteiger partial charge in [-0.15, -0.1) is 0 Å². The molecule has 2 aliphatic heterocycles. The highest BCUT2D eigenvalue weighted by atomic mass is 16.3. The molecule has 114 heavy (non-hydrogen) atoms. The molecule has 0 unspecified atom stereocenters. The van der Waals surface area contributed by atoms with E-state index in [1.807, 2.05) is 55.4 Å². The summed E-state index contributed by atoms with van der Waals surface area (Å²) < 4.78 is 0. The van der Waals surface area contributed by atoms with E-state index in [9.17, 15) is 24.3 Å². The molecule has 5 N–H and O–H groups in total. The van der Waals surface area contributed by atoms with E-state index in [0.717, 1.165) is 48.7 Å². The summed E-state index contributed by atoms with van der Waals surface area (Å²) >= 11 is 0. The summed E-state index contributed by atoms with van der Waals surface area (Å²) in [6.07, 6.45) is -0.145. The highest BCUT2D eigenvalue weighted by Gasteiger charge is 2.46. The third-order valence-corrected chi connectivity index (χ3v) is 22.1. The Morgan fingerprint density at radius 2 is 0.798 bits per heavy atom. The standard InChI is InChI=1S/C85H130N14O15/c1-51(2)43-64-73(102)86-55(9)77(106)96(20)68(44-52(3)4)84(113)98(22)70(46-54(7)8)83(112)95(19)67(49-62-39-31-25-32-40-62)76(105)89-72(59(13)100)85(114)91(15)58(12)80(109)97(21)69(45-53(5)6)82(111)94(18)66(48-61-37-29-24-30-38-61)75(104)88-63(50-71(101)90(14)57(11)79(108)92(64)16)81(110)93(17)65(47-60-35-27-23-28-36-60)74(103)87-56(10)78(107)99-41-33-26-34-42-99/h23-25,27-32,35-40,51-59,63-70,72,100H,26,33-34,41-50H2,1-22H3,(H,86,102)(H,87,103)(H,88,104)(H,89,105)/t55-,56-,57+,58-,59+,63-,64-,65-,66-,67-,68-,69-,70-,72-/m0/s1. The van der Waals surface area contributed by atoms with E-state index in [4.69, 9.17) is 0 Å². The first-order chi connectivity index (χ1) is 53.4. The number of piperidine rings is 1. The van der Waals surface area contributed by atoms with E-state index in [1.54, 1.807) is 103 Å². The van der Waals surface area contributed by atoms with Crippen molar-refractivity contribution in [1.82, 2.24) is 70.3 Å². The van der Waals surface area contributed by atoms with Gasteiger partial charge in [-0.3, -0.25) is 67.1 Å². The Kier molecular flexibility index (Phi) is 36.3. The van der Waals surface area contributed by atoms with Gasteiger partial charge in [0.15, 0.2) is 0 Å². The molecule has 3 aromatic rings. The molecule has 2 heterocycles. The quantitative estimate of drug-likeness (QED) is 0.106. The van der Waals surface area contributed by atoms with Crippen LogP contribution in [0.3, 0.4) is 0 Å². The first kappa shape index (κ1) is 94.8. The van der Waals surface area contributed by atoms with Crippen LogP contribution in [0.4, 0.5) is 0 Å². The van der Waals surface area contributed by atoms with Gasteiger partial charge in [-0.25, -0.2) is 0 Å². The Morgan fingerprint density at radius 1 is 0.439 bits per heavy atom. The van der Waals surface area contributed by atoms with Crippen LogP contribution in [-0.2, 0) is 86.4 Å². The molecule has 0 aromatic heterocycles. The molecule has 2 saturated heterocycles. The molecular formula is C85H130N14O15. The summed E-state index contributed by atoms with van der Waals surface area (Å²) in [5.41, 5.74) is 1.76. The maximum Gasteiger partial charge on any atom is 0.248 e. The lowest BCUT2D eigenvalue weighted by Gasteiger charge is -2.39. The van der Waals surface area contributed by atoms with Crippen LogP contribution < -0.4 is 21.3 Å². The molecule has 2 fully saturated rings. The zero-order chi connectivity index (χ0) is 85.6. The fourth-order valence-electron chi connectivity index (χ4n) is 14.7. The van der Waals surface area contributed by atoms with Gasteiger partial charge < -0.3 is 75.4 Å². The van der Waals surface area contributed by atoms with Gasteiger partial charge in [0, 0.05) is 95.8 Å². The van der Waals surface area contributed by atoms with E-state index >= 15 is 47.9 Å². The molecule has 0 saturated carbocycles. The number of carbonyl (C=O) groups is 14. The van der Waals surface area contributed by atoms with Gasteiger partial charge in [-0.2, -0.15) is 0 Å². The Balaban J connectivity index is 1.74. The number of carbonyl (C=O) groups excluding carboxylic acids is 14. The number of nitrogens with one attached hydrogen (secondary N) is 4. The zero-order valence-electron chi connectivity index (χ0n) is 71.4. The van der Waals surface area contributed by atoms with Crippen molar-refractivity contribution in [2.45, 2.75) is 245 Å². The fraction of sp³-hybridized carbons (Fsp3) is 0.624. The molecule has 29 nitrogen and oxygen atoms in total. The van der Waals surface area contributed by atoms with Crippen LogP contribution in [0.5, 0.6) is 0 Å². The number of nitrogens with zero attached hydrogens (tertiary/aromatic N) is 10. The molecule has 0 spiro atoms. The van der Waals surface area contributed by atoms with Crippen molar-refractivity contribution in [3.05, 3.63) is 108 Å². The number of aliphatic hydroxyl groups is 1. The lowest BCUT2D eigenvalue weighted by molar-refractivity contribution is -0.154. The minimum absolute atomic E-state index is 0.00204. The van der Waals surface area contributed by atoms with Gasteiger partial charge in [0.05, 0.1) is 12.5 Å². The second kappa shape index (κ2) is 43.6. The van der Waals surface area contributed by atoms with Gasteiger partial charge in [0.1, 0.15) is 78.5 Å². The summed E-state index contributed by atoms with van der Waals surface area (Å²) in [5.74, 6) is -11.7. The highest BCUT2D eigenvalue weighted by Crippen LogP contribution is 2.26. The van der Waals surface area contributed by atoms with Crippen molar-refractivity contribution in [3.8, 4) is 0 Å². The molecule has 14 amide bonds. The van der Waals surface area contributed by atoms with E-state index in [-0.39, 0.29) is 74.5 Å². The first-order valence-electron chi connectivity index (χ1n) is 40.1. The highest BCUT2D eigenvalue weighted by molar-refractivity contribution is 6.01. The first-order valence-corrected chi connectivity index (χ1v) is 40.1. The van der Waals surface area contributed by atoms with Gasteiger partial charge in [-0.1, -0.05) is 146 Å². The normalized spacial score (nSPS) is 24.6. The molecule has 0 bridgehead atoms. The van der Waals surface area contributed by atoms with Crippen LogP contribution in [0.2, 0.25) is 0 Å². The second-order valence-corrected chi connectivity index (χ2v) is 33.0. The van der Waals surface area contributed by atoms with Gasteiger partial charge in [-0.05, 0) is 120 Å². The molecule has 29 heteroatoms.